The monoisotopic (exact) mass is 407 g/mol. The predicted molar refractivity (Wildman–Crippen MR) is 133 cm³/mol. The van der Waals surface area contributed by atoms with E-state index in [4.69, 9.17) is 4.74 Å². The number of unbranched alkanes of at least 4 members (excludes halogenated alkanes) is 15. The lowest BCUT2D eigenvalue weighted by Gasteiger charge is -2.06. The van der Waals surface area contributed by atoms with Gasteiger partial charge in [0.2, 0.25) is 0 Å². The molecule has 172 valence electrons. The highest BCUT2D eigenvalue weighted by Crippen LogP contribution is 2.15. The van der Waals surface area contributed by atoms with Gasteiger partial charge in [-0.05, 0) is 25.5 Å². The fourth-order valence-electron chi connectivity index (χ4n) is 3.47. The van der Waals surface area contributed by atoms with E-state index in [2.05, 4.69) is 38.1 Å². The van der Waals surface area contributed by atoms with Crippen LogP contribution >= 0.6 is 0 Å². The number of rotatable bonds is 18. The molecule has 2 heteroatoms. The van der Waals surface area contributed by atoms with E-state index in [0.717, 1.165) is 12.4 Å². The molecule has 1 rings (SSSR count). The van der Waals surface area contributed by atoms with Gasteiger partial charge in [-0.3, -0.25) is 0 Å². The van der Waals surface area contributed by atoms with Crippen LogP contribution in [-0.4, -0.2) is 6.61 Å². The smallest absolute Gasteiger partial charge is 0.119 e. The average Bonchev–Trinajstić information content (AvgIpc) is 2.73. The normalized spacial score (nSPS) is 10.1. The Bertz CT molecular complexity index is 402. The molecule has 0 spiro atoms. The third-order valence-electron chi connectivity index (χ3n) is 5.29. The van der Waals surface area contributed by atoms with Crippen molar-refractivity contribution in [1.29, 1.82) is 0 Å². The van der Waals surface area contributed by atoms with Crippen molar-refractivity contribution in [2.45, 2.75) is 130 Å². The number of hydrogen-bond acceptors (Lipinski definition) is 2. The summed E-state index contributed by atoms with van der Waals surface area (Å²) in [5, 5.41) is 0. The topological polar surface area (TPSA) is 44.2 Å². The SMILES string of the molecule is CC.CCCCCCCCCCCCCCCCCCOc1ccc(C)cc1.N. The van der Waals surface area contributed by atoms with E-state index in [1.165, 1.54) is 108 Å². The molecule has 29 heavy (non-hydrogen) atoms. The zero-order valence-corrected chi connectivity index (χ0v) is 20.4. The van der Waals surface area contributed by atoms with Crippen LogP contribution in [0.4, 0.5) is 0 Å². The Kier molecular flexibility index (Phi) is 26.0. The molecule has 0 heterocycles. The summed E-state index contributed by atoms with van der Waals surface area (Å²) in [4.78, 5) is 0. The van der Waals surface area contributed by atoms with Gasteiger partial charge in [-0.25, -0.2) is 0 Å². The van der Waals surface area contributed by atoms with E-state index in [1.807, 2.05) is 13.8 Å². The molecule has 0 aromatic heterocycles. The summed E-state index contributed by atoms with van der Waals surface area (Å²) in [7, 11) is 0. The van der Waals surface area contributed by atoms with Crippen LogP contribution in [0.25, 0.3) is 0 Å². The Hall–Kier alpha value is -1.02. The van der Waals surface area contributed by atoms with Crippen molar-refractivity contribution < 1.29 is 4.74 Å². The van der Waals surface area contributed by atoms with Gasteiger partial charge >= 0.3 is 0 Å². The molecule has 3 N–H and O–H groups in total. The van der Waals surface area contributed by atoms with Gasteiger partial charge in [-0.15, -0.1) is 0 Å². The second-order valence-electron chi connectivity index (χ2n) is 7.96. The molecule has 0 saturated carbocycles. The van der Waals surface area contributed by atoms with E-state index >= 15 is 0 Å². The highest BCUT2D eigenvalue weighted by molar-refractivity contribution is 5.26. The molecule has 0 fully saturated rings. The van der Waals surface area contributed by atoms with Crippen LogP contribution < -0.4 is 10.9 Å². The molecule has 0 aliphatic heterocycles. The van der Waals surface area contributed by atoms with E-state index in [-0.39, 0.29) is 6.15 Å². The fourth-order valence-corrected chi connectivity index (χ4v) is 3.47. The summed E-state index contributed by atoms with van der Waals surface area (Å²) in [6, 6.07) is 8.37. The third-order valence-corrected chi connectivity index (χ3v) is 5.29. The number of ether oxygens (including phenoxy) is 1. The van der Waals surface area contributed by atoms with E-state index in [0.29, 0.717) is 0 Å². The quantitative estimate of drug-likeness (QED) is 0.246. The van der Waals surface area contributed by atoms with Crippen LogP contribution in [0.5, 0.6) is 5.75 Å². The van der Waals surface area contributed by atoms with Gasteiger partial charge in [-0.2, -0.15) is 0 Å². The molecule has 0 bridgehead atoms. The fraction of sp³-hybridized carbons (Fsp3) is 0.778. The number of benzene rings is 1. The first-order valence-electron chi connectivity index (χ1n) is 12.5. The van der Waals surface area contributed by atoms with Crippen LogP contribution in [-0.2, 0) is 0 Å². The second kappa shape index (κ2) is 25.0. The van der Waals surface area contributed by atoms with Crippen LogP contribution in [0, 0.1) is 6.92 Å². The number of hydrogen-bond donors (Lipinski definition) is 1. The summed E-state index contributed by atoms with van der Waals surface area (Å²) < 4.78 is 5.78. The van der Waals surface area contributed by atoms with Gasteiger partial charge in [0.25, 0.3) is 0 Å². The second-order valence-corrected chi connectivity index (χ2v) is 7.96. The summed E-state index contributed by atoms with van der Waals surface area (Å²) in [6.07, 6.45) is 22.6. The minimum Gasteiger partial charge on any atom is -0.494 e. The van der Waals surface area contributed by atoms with Crippen LogP contribution in [0.2, 0.25) is 0 Å². The molecule has 0 unspecified atom stereocenters. The van der Waals surface area contributed by atoms with Crippen molar-refractivity contribution in [1.82, 2.24) is 6.15 Å². The molecule has 0 radical (unpaired) electrons. The predicted octanol–water partition coefficient (Wildman–Crippen LogP) is 9.82. The standard InChI is InChI=1S/C25H44O.C2H6.H3N/c1-3-4-5-6-7-8-9-10-11-12-13-14-15-16-17-18-23-26-25-21-19-24(2)20-22-25;1-2;/h19-22H,3-18,23H2,1-2H3;1-2H3;1H3. The highest BCUT2D eigenvalue weighted by atomic mass is 16.5. The Morgan fingerprint density at radius 1 is 0.552 bits per heavy atom. The van der Waals surface area contributed by atoms with Gasteiger partial charge in [0.15, 0.2) is 0 Å². The lowest BCUT2D eigenvalue weighted by Crippen LogP contribution is -1.97. The Morgan fingerprint density at radius 3 is 1.28 bits per heavy atom. The van der Waals surface area contributed by atoms with Crippen molar-refractivity contribution >= 4 is 0 Å². The Morgan fingerprint density at radius 2 is 0.897 bits per heavy atom. The van der Waals surface area contributed by atoms with Crippen molar-refractivity contribution in [3.63, 3.8) is 0 Å². The largest absolute Gasteiger partial charge is 0.494 e. The highest BCUT2D eigenvalue weighted by Gasteiger charge is 1.96. The van der Waals surface area contributed by atoms with E-state index < -0.39 is 0 Å². The summed E-state index contributed by atoms with van der Waals surface area (Å²) >= 11 is 0. The van der Waals surface area contributed by atoms with Crippen LogP contribution in [0.15, 0.2) is 24.3 Å². The maximum absolute atomic E-state index is 5.78. The first-order chi connectivity index (χ1) is 13.8. The molecule has 0 atom stereocenters. The van der Waals surface area contributed by atoms with Gasteiger partial charge in [0.1, 0.15) is 5.75 Å². The maximum Gasteiger partial charge on any atom is 0.119 e. The zero-order chi connectivity index (χ0) is 20.7. The van der Waals surface area contributed by atoms with Gasteiger partial charge in [0.05, 0.1) is 6.61 Å². The third kappa shape index (κ3) is 21.5. The van der Waals surface area contributed by atoms with Crippen molar-refractivity contribution in [3.05, 3.63) is 29.8 Å². The summed E-state index contributed by atoms with van der Waals surface area (Å²) in [5.41, 5.74) is 1.29. The molecule has 0 saturated heterocycles. The zero-order valence-electron chi connectivity index (χ0n) is 20.4. The number of aryl methyl sites for hydroxylation is 1. The summed E-state index contributed by atoms with van der Waals surface area (Å²) in [5.74, 6) is 1.01. The Balaban J connectivity index is 0. The van der Waals surface area contributed by atoms with Gasteiger partial charge in [-0.1, -0.05) is 135 Å². The molecule has 2 nitrogen and oxygen atoms in total. The van der Waals surface area contributed by atoms with Crippen molar-refractivity contribution in [3.8, 4) is 5.75 Å². The first-order valence-corrected chi connectivity index (χ1v) is 12.5. The molecule has 0 aliphatic carbocycles. The minimum absolute atomic E-state index is 0. The molecule has 1 aromatic carbocycles. The van der Waals surface area contributed by atoms with Crippen LogP contribution in [0.3, 0.4) is 0 Å². The molecule has 0 amide bonds. The van der Waals surface area contributed by atoms with Crippen LogP contribution in [0.1, 0.15) is 129 Å². The maximum atomic E-state index is 5.78. The van der Waals surface area contributed by atoms with E-state index in [1.54, 1.807) is 0 Å². The van der Waals surface area contributed by atoms with Crippen molar-refractivity contribution in [2.75, 3.05) is 6.61 Å². The lowest BCUT2D eigenvalue weighted by molar-refractivity contribution is 0.304. The van der Waals surface area contributed by atoms with E-state index in [9.17, 15) is 0 Å². The van der Waals surface area contributed by atoms with Gasteiger partial charge in [0, 0.05) is 0 Å². The summed E-state index contributed by atoms with van der Waals surface area (Å²) in [6.45, 7) is 9.27. The van der Waals surface area contributed by atoms with Crippen molar-refractivity contribution in [2.24, 2.45) is 0 Å². The molecule has 1 aromatic rings. The Labute approximate surface area is 183 Å². The molecular weight excluding hydrogens is 354 g/mol. The average molecular weight is 408 g/mol. The molecular formula is C27H53NO. The lowest BCUT2D eigenvalue weighted by atomic mass is 10.0. The molecule has 0 aliphatic rings. The van der Waals surface area contributed by atoms with Gasteiger partial charge < -0.3 is 10.9 Å². The minimum atomic E-state index is 0. The first kappa shape index (κ1) is 30.2.